The fourth-order valence-electron chi connectivity index (χ4n) is 0.679. The maximum Gasteiger partial charge on any atom is 0.408 e. The molecule has 0 saturated heterocycles. The molecule has 5 heteroatoms. The van der Waals surface area contributed by atoms with Crippen molar-refractivity contribution in [1.82, 2.24) is 5.32 Å². The number of carbonyl (C=O) groups is 2. The van der Waals surface area contributed by atoms with Crippen LogP contribution in [0.15, 0.2) is 12.7 Å². The van der Waals surface area contributed by atoms with Crippen molar-refractivity contribution >= 4 is 12.1 Å². The van der Waals surface area contributed by atoms with Crippen molar-refractivity contribution in [3.8, 4) is 0 Å². The summed E-state index contributed by atoms with van der Waals surface area (Å²) in [6.07, 6.45) is 0.777. The third kappa shape index (κ3) is 5.18. The minimum atomic E-state index is -0.702. The molecule has 0 radical (unpaired) electrons. The van der Waals surface area contributed by atoms with Crippen LogP contribution in [0.3, 0.4) is 0 Å². The molecule has 0 heterocycles. The van der Waals surface area contributed by atoms with E-state index in [9.17, 15) is 9.59 Å². The molecule has 1 atom stereocenters. The highest BCUT2D eigenvalue weighted by atomic mass is 16.6. The molecule has 0 bridgehead atoms. The van der Waals surface area contributed by atoms with Crippen LogP contribution in [-0.4, -0.2) is 31.3 Å². The van der Waals surface area contributed by atoms with Gasteiger partial charge >= 0.3 is 12.1 Å². The number of carbonyl (C=O) groups excluding carboxylic acids is 2. The molecule has 0 unspecified atom stereocenters. The monoisotopic (exact) mass is 201 g/mol. The third-order valence-corrected chi connectivity index (χ3v) is 1.31. The van der Waals surface area contributed by atoms with E-state index in [2.05, 4.69) is 21.4 Å². The van der Waals surface area contributed by atoms with Gasteiger partial charge in [-0.3, -0.25) is 0 Å². The quantitative estimate of drug-likeness (QED) is 0.529. The van der Waals surface area contributed by atoms with Crippen molar-refractivity contribution in [2.75, 3.05) is 13.2 Å². The molecule has 5 nitrogen and oxygen atoms in total. The molecular weight excluding hydrogens is 186 g/mol. The molecule has 80 valence electrons. The average molecular weight is 201 g/mol. The maximum absolute atomic E-state index is 11.0. The van der Waals surface area contributed by atoms with Crippen molar-refractivity contribution in [2.24, 2.45) is 0 Å². The summed E-state index contributed by atoms with van der Waals surface area (Å²) in [7, 11) is 0. The van der Waals surface area contributed by atoms with Crippen LogP contribution in [0.25, 0.3) is 0 Å². The summed E-state index contributed by atoms with van der Waals surface area (Å²) in [5.74, 6) is -0.483. The van der Waals surface area contributed by atoms with Crippen molar-refractivity contribution < 1.29 is 19.1 Å². The highest BCUT2D eigenvalue weighted by Gasteiger charge is 2.16. The standard InChI is InChI=1S/C9H15NO4/c1-4-6-14-9(12)10-7(3)8(11)13-5-2/h4,7H,1,5-6H2,2-3H3,(H,10,12)/t7-/m1/s1. The first-order valence-electron chi connectivity index (χ1n) is 4.32. The lowest BCUT2D eigenvalue weighted by Gasteiger charge is -2.11. The van der Waals surface area contributed by atoms with E-state index in [0.29, 0.717) is 0 Å². The van der Waals surface area contributed by atoms with E-state index in [4.69, 9.17) is 0 Å². The number of esters is 1. The Morgan fingerprint density at radius 3 is 2.64 bits per heavy atom. The van der Waals surface area contributed by atoms with Gasteiger partial charge in [0.15, 0.2) is 0 Å². The summed E-state index contributed by atoms with van der Waals surface area (Å²) in [5.41, 5.74) is 0. The summed E-state index contributed by atoms with van der Waals surface area (Å²) in [5, 5.41) is 2.32. The molecule has 0 aliphatic carbocycles. The zero-order valence-corrected chi connectivity index (χ0v) is 8.41. The van der Waals surface area contributed by atoms with Gasteiger partial charge in [0.05, 0.1) is 6.61 Å². The topological polar surface area (TPSA) is 64.6 Å². The number of rotatable bonds is 5. The van der Waals surface area contributed by atoms with E-state index >= 15 is 0 Å². The second-order valence-electron chi connectivity index (χ2n) is 2.51. The van der Waals surface area contributed by atoms with Crippen LogP contribution in [0.1, 0.15) is 13.8 Å². The number of hydrogen-bond acceptors (Lipinski definition) is 4. The molecule has 0 aliphatic rings. The molecule has 1 N–H and O–H groups in total. The van der Waals surface area contributed by atoms with Crippen LogP contribution in [0.4, 0.5) is 4.79 Å². The molecule has 0 aliphatic heterocycles. The smallest absolute Gasteiger partial charge is 0.408 e. The largest absolute Gasteiger partial charge is 0.464 e. The first kappa shape index (κ1) is 12.5. The summed E-state index contributed by atoms with van der Waals surface area (Å²) < 4.78 is 9.29. The lowest BCUT2D eigenvalue weighted by atomic mass is 10.3. The molecule has 0 saturated carbocycles. The summed E-state index contributed by atoms with van der Waals surface area (Å²) >= 11 is 0. The molecule has 0 aromatic heterocycles. The first-order chi connectivity index (χ1) is 6.61. The van der Waals surface area contributed by atoms with Crippen molar-refractivity contribution in [2.45, 2.75) is 19.9 Å². The number of ether oxygens (including phenoxy) is 2. The first-order valence-corrected chi connectivity index (χ1v) is 4.32. The number of alkyl carbamates (subject to hydrolysis) is 1. The fourth-order valence-corrected chi connectivity index (χ4v) is 0.679. The lowest BCUT2D eigenvalue weighted by molar-refractivity contribution is -0.145. The van der Waals surface area contributed by atoms with Gasteiger partial charge in [-0.2, -0.15) is 0 Å². The van der Waals surface area contributed by atoms with Crippen LogP contribution in [-0.2, 0) is 14.3 Å². The lowest BCUT2D eigenvalue weighted by Crippen LogP contribution is -2.39. The van der Waals surface area contributed by atoms with Gasteiger partial charge < -0.3 is 14.8 Å². The van der Waals surface area contributed by atoms with Gasteiger partial charge in [0.1, 0.15) is 12.6 Å². The van der Waals surface area contributed by atoms with E-state index in [0.717, 1.165) is 0 Å². The van der Waals surface area contributed by atoms with Crippen LogP contribution in [0.2, 0.25) is 0 Å². The van der Waals surface area contributed by atoms with Gasteiger partial charge in [0, 0.05) is 0 Å². The molecule has 0 aromatic carbocycles. The van der Waals surface area contributed by atoms with Crippen LogP contribution >= 0.6 is 0 Å². The number of amides is 1. The normalized spacial score (nSPS) is 11.3. The Bertz CT molecular complexity index is 215. The minimum Gasteiger partial charge on any atom is -0.464 e. The third-order valence-electron chi connectivity index (χ3n) is 1.31. The predicted octanol–water partition coefficient (Wildman–Crippen LogP) is 0.850. The highest BCUT2D eigenvalue weighted by molar-refractivity contribution is 5.80. The molecule has 0 rings (SSSR count). The van der Waals surface area contributed by atoms with Gasteiger partial charge in [-0.25, -0.2) is 9.59 Å². The molecule has 0 spiro atoms. The fraction of sp³-hybridized carbons (Fsp3) is 0.556. The minimum absolute atomic E-state index is 0.112. The van der Waals surface area contributed by atoms with E-state index in [1.54, 1.807) is 6.92 Å². The molecule has 0 aromatic rings. The van der Waals surface area contributed by atoms with E-state index in [-0.39, 0.29) is 13.2 Å². The Morgan fingerprint density at radius 1 is 1.50 bits per heavy atom. The van der Waals surface area contributed by atoms with Crippen LogP contribution in [0.5, 0.6) is 0 Å². The van der Waals surface area contributed by atoms with Crippen molar-refractivity contribution in [3.63, 3.8) is 0 Å². The zero-order chi connectivity index (χ0) is 11.0. The summed E-state index contributed by atoms with van der Waals surface area (Å²) in [6.45, 7) is 6.99. The van der Waals surface area contributed by atoms with Gasteiger partial charge in [-0.15, -0.1) is 0 Å². The van der Waals surface area contributed by atoms with Gasteiger partial charge in [-0.05, 0) is 13.8 Å². The molecule has 14 heavy (non-hydrogen) atoms. The van der Waals surface area contributed by atoms with Gasteiger partial charge in [-0.1, -0.05) is 12.7 Å². The Kier molecular flexibility index (Phi) is 6.19. The Hall–Kier alpha value is -1.52. The summed E-state index contributed by atoms with van der Waals surface area (Å²) in [6, 6.07) is -0.702. The Balaban J connectivity index is 3.80. The second-order valence-corrected chi connectivity index (χ2v) is 2.51. The summed E-state index contributed by atoms with van der Waals surface area (Å²) in [4.78, 5) is 22.0. The van der Waals surface area contributed by atoms with Gasteiger partial charge in [0.25, 0.3) is 0 Å². The molecular formula is C9H15NO4. The predicted molar refractivity (Wildman–Crippen MR) is 50.8 cm³/mol. The van der Waals surface area contributed by atoms with E-state index in [1.807, 2.05) is 0 Å². The average Bonchev–Trinajstić information content (AvgIpc) is 2.15. The number of hydrogen-bond donors (Lipinski definition) is 1. The Morgan fingerprint density at radius 2 is 2.14 bits per heavy atom. The van der Waals surface area contributed by atoms with E-state index in [1.165, 1.54) is 13.0 Å². The van der Waals surface area contributed by atoms with E-state index < -0.39 is 18.1 Å². The number of nitrogens with one attached hydrogen (secondary N) is 1. The maximum atomic E-state index is 11.0. The SMILES string of the molecule is C=CCOC(=O)N[C@H](C)C(=O)OCC. The van der Waals surface area contributed by atoms with Crippen molar-refractivity contribution in [3.05, 3.63) is 12.7 Å². The Labute approximate surface area is 83.1 Å². The van der Waals surface area contributed by atoms with Gasteiger partial charge in [0.2, 0.25) is 0 Å². The highest BCUT2D eigenvalue weighted by Crippen LogP contribution is 1.89. The second kappa shape index (κ2) is 6.94. The zero-order valence-electron chi connectivity index (χ0n) is 8.41. The van der Waals surface area contributed by atoms with Crippen LogP contribution in [0, 0.1) is 0 Å². The molecule has 0 fully saturated rings. The van der Waals surface area contributed by atoms with Crippen molar-refractivity contribution in [1.29, 1.82) is 0 Å². The molecule has 1 amide bonds. The van der Waals surface area contributed by atoms with Crippen LogP contribution < -0.4 is 5.32 Å².